The fraction of sp³-hybridized carbons (Fsp3) is 0.486. The monoisotopic (exact) mass is 596 g/mol. The van der Waals surface area contributed by atoms with Crippen LogP contribution in [0.5, 0.6) is 0 Å². The lowest BCUT2D eigenvalue weighted by Gasteiger charge is -2.41. The largest absolute Gasteiger partial charge is 0.467 e. The van der Waals surface area contributed by atoms with Crippen molar-refractivity contribution >= 4 is 17.4 Å². The zero-order valence-corrected chi connectivity index (χ0v) is 26.9. The Balaban J connectivity index is 1.56. The van der Waals surface area contributed by atoms with Crippen LogP contribution in [0, 0.1) is 26.2 Å². The molecule has 0 N–H and O–H groups in total. The highest BCUT2D eigenvalue weighted by atomic mass is 16.6. The number of hydrogen-bond acceptors (Lipinski definition) is 7. The second-order valence-electron chi connectivity index (χ2n) is 12.5. The number of carbonyl (C=O) groups excluding carboxylic acids is 1. The summed E-state index contributed by atoms with van der Waals surface area (Å²) in [6, 6.07) is 10.5. The molecule has 3 aromatic heterocycles. The van der Waals surface area contributed by atoms with Gasteiger partial charge in [-0.1, -0.05) is 31.2 Å². The number of allylic oxidation sites excluding steroid dienone is 2. The SMILES string of the molecule is CCO[C@H](C(=O)OC)c1c(C)nc2cc3nn2c1N1CCC(C)(CC/C=C/CCc2nc(C)c(C)n2-c2cccc-3c2)CC1. The Morgan fingerprint density at radius 1 is 1.02 bits per heavy atom. The molecular formula is C35H44N6O3. The quantitative estimate of drug-likeness (QED) is 0.193. The summed E-state index contributed by atoms with van der Waals surface area (Å²) in [5.41, 5.74) is 7.53. The van der Waals surface area contributed by atoms with E-state index in [9.17, 15) is 4.79 Å². The van der Waals surface area contributed by atoms with Gasteiger partial charge in [-0.3, -0.25) is 0 Å². The lowest BCUT2D eigenvalue weighted by Crippen LogP contribution is -2.41. The predicted molar refractivity (Wildman–Crippen MR) is 172 cm³/mol. The molecule has 0 aliphatic carbocycles. The molecule has 3 aliphatic rings. The highest BCUT2D eigenvalue weighted by Gasteiger charge is 2.36. The molecule has 0 unspecified atom stereocenters. The molecule has 232 valence electrons. The van der Waals surface area contributed by atoms with Crippen molar-refractivity contribution in [2.75, 3.05) is 31.7 Å². The van der Waals surface area contributed by atoms with Crippen molar-refractivity contribution in [2.24, 2.45) is 5.41 Å². The Morgan fingerprint density at radius 2 is 1.80 bits per heavy atom. The zero-order chi connectivity index (χ0) is 31.0. The molecule has 4 aromatic rings. The summed E-state index contributed by atoms with van der Waals surface area (Å²) in [7, 11) is 1.40. The maximum Gasteiger partial charge on any atom is 0.339 e. The van der Waals surface area contributed by atoms with E-state index in [1.807, 2.05) is 24.4 Å². The third-order valence-corrected chi connectivity index (χ3v) is 9.51. The molecule has 0 radical (unpaired) electrons. The molecule has 3 aliphatic heterocycles. The molecule has 44 heavy (non-hydrogen) atoms. The van der Waals surface area contributed by atoms with E-state index in [0.29, 0.717) is 6.61 Å². The molecule has 0 spiro atoms. The number of benzene rings is 1. The summed E-state index contributed by atoms with van der Waals surface area (Å²) in [4.78, 5) is 25.4. The average Bonchev–Trinajstić information content (AvgIpc) is 3.56. The van der Waals surface area contributed by atoms with Gasteiger partial charge >= 0.3 is 5.97 Å². The minimum atomic E-state index is -0.890. The molecule has 1 saturated heterocycles. The van der Waals surface area contributed by atoms with Gasteiger partial charge in [0.15, 0.2) is 11.8 Å². The topological polar surface area (TPSA) is 86.8 Å². The van der Waals surface area contributed by atoms with Crippen molar-refractivity contribution in [2.45, 2.75) is 79.2 Å². The van der Waals surface area contributed by atoms with Crippen LogP contribution in [0.4, 0.5) is 5.82 Å². The summed E-state index contributed by atoms with van der Waals surface area (Å²) >= 11 is 0. The van der Waals surface area contributed by atoms with Gasteiger partial charge in [-0.25, -0.2) is 14.8 Å². The van der Waals surface area contributed by atoms with E-state index in [0.717, 1.165) is 108 Å². The molecule has 9 heteroatoms. The first-order valence-electron chi connectivity index (χ1n) is 15.9. The maximum absolute atomic E-state index is 13.1. The standard InChI is InChI=1S/C35H44N6O3/c1-7-44-32(34(42)43-6)31-24(3)37-30-22-28-26-13-12-14-27(21-26)40-25(4)23(2)36-29(40)15-10-8-9-11-16-35(5)17-19-39(20-18-35)33(31)41(30)38-28/h8-9,12-14,21-22,32H,7,10-11,15-20H2,1-6H3/b9-8+/t32-/m0/s1. The molecule has 7 rings (SSSR count). The van der Waals surface area contributed by atoms with E-state index in [-0.39, 0.29) is 5.41 Å². The van der Waals surface area contributed by atoms with Gasteiger partial charge in [-0.2, -0.15) is 9.61 Å². The van der Waals surface area contributed by atoms with Crippen LogP contribution in [-0.2, 0) is 20.7 Å². The van der Waals surface area contributed by atoms with E-state index in [1.54, 1.807) is 0 Å². The molecule has 1 atom stereocenters. The Hall–Kier alpha value is -3.98. The highest BCUT2D eigenvalue weighted by Crippen LogP contribution is 2.41. The van der Waals surface area contributed by atoms with Crippen LogP contribution >= 0.6 is 0 Å². The minimum Gasteiger partial charge on any atom is -0.467 e. The smallest absolute Gasteiger partial charge is 0.339 e. The molecule has 6 heterocycles. The molecule has 6 bridgehead atoms. The van der Waals surface area contributed by atoms with Gasteiger partial charge < -0.3 is 18.9 Å². The number of nitrogens with zero attached hydrogens (tertiary/aromatic N) is 6. The summed E-state index contributed by atoms with van der Waals surface area (Å²) in [6.07, 6.45) is 9.92. The fourth-order valence-corrected chi connectivity index (χ4v) is 6.79. The number of esters is 1. The Labute approximate surface area is 259 Å². The van der Waals surface area contributed by atoms with Crippen LogP contribution < -0.4 is 4.90 Å². The van der Waals surface area contributed by atoms with E-state index in [2.05, 4.69) is 66.7 Å². The van der Waals surface area contributed by atoms with Crippen molar-refractivity contribution in [3.8, 4) is 16.9 Å². The number of imidazole rings is 1. The first kappa shape index (κ1) is 30.1. The van der Waals surface area contributed by atoms with E-state index >= 15 is 0 Å². The lowest BCUT2D eigenvalue weighted by molar-refractivity contribution is -0.154. The number of rotatable bonds is 4. The minimum absolute atomic E-state index is 0.242. The van der Waals surface area contributed by atoms with Crippen LogP contribution in [0.2, 0.25) is 0 Å². The van der Waals surface area contributed by atoms with Crippen molar-refractivity contribution in [1.82, 2.24) is 24.1 Å². The van der Waals surface area contributed by atoms with Crippen LogP contribution in [-0.4, -0.2) is 56.9 Å². The van der Waals surface area contributed by atoms with Crippen LogP contribution in [0.3, 0.4) is 0 Å². The predicted octanol–water partition coefficient (Wildman–Crippen LogP) is 6.65. The molecule has 0 amide bonds. The van der Waals surface area contributed by atoms with Gasteiger partial charge in [0.2, 0.25) is 0 Å². The number of carbonyl (C=O) groups is 1. The number of methoxy groups -OCH3 is 1. The van der Waals surface area contributed by atoms with Gasteiger partial charge in [0.25, 0.3) is 0 Å². The Bertz CT molecular complexity index is 1710. The number of ether oxygens (including phenoxy) is 2. The van der Waals surface area contributed by atoms with Crippen molar-refractivity contribution < 1.29 is 14.3 Å². The maximum atomic E-state index is 13.1. The van der Waals surface area contributed by atoms with Crippen molar-refractivity contribution in [1.29, 1.82) is 0 Å². The zero-order valence-electron chi connectivity index (χ0n) is 26.9. The number of aromatic nitrogens is 5. The van der Waals surface area contributed by atoms with Gasteiger partial charge in [0.05, 0.1) is 24.1 Å². The summed E-state index contributed by atoms with van der Waals surface area (Å²) in [5.74, 6) is 1.50. The molecule has 0 saturated carbocycles. The number of piperidine rings is 1. The number of hydrogen-bond donors (Lipinski definition) is 0. The van der Waals surface area contributed by atoms with Crippen molar-refractivity contribution in [3.05, 3.63) is 71.0 Å². The van der Waals surface area contributed by atoms with Gasteiger partial charge in [-0.15, -0.1) is 0 Å². The van der Waals surface area contributed by atoms with Gasteiger partial charge in [0.1, 0.15) is 11.6 Å². The molecule has 9 nitrogen and oxygen atoms in total. The van der Waals surface area contributed by atoms with Crippen LogP contribution in [0.1, 0.15) is 80.5 Å². The van der Waals surface area contributed by atoms with Gasteiger partial charge in [0, 0.05) is 54.8 Å². The fourth-order valence-electron chi connectivity index (χ4n) is 6.79. The summed E-state index contributed by atoms with van der Waals surface area (Å²) in [6.45, 7) is 12.6. The highest BCUT2D eigenvalue weighted by molar-refractivity contribution is 5.80. The third kappa shape index (κ3) is 5.54. The van der Waals surface area contributed by atoms with Gasteiger partial charge in [-0.05, 0) is 77.3 Å². The lowest BCUT2D eigenvalue weighted by atomic mass is 9.76. The second-order valence-corrected chi connectivity index (χ2v) is 12.5. The number of aryl methyl sites for hydroxylation is 3. The average molecular weight is 597 g/mol. The molecule has 1 fully saturated rings. The summed E-state index contributed by atoms with van der Waals surface area (Å²) in [5, 5.41) is 5.16. The van der Waals surface area contributed by atoms with E-state index in [4.69, 9.17) is 24.5 Å². The Kier molecular flexibility index (Phi) is 8.33. The summed E-state index contributed by atoms with van der Waals surface area (Å²) < 4.78 is 15.4. The first-order chi connectivity index (χ1) is 21.2. The van der Waals surface area contributed by atoms with Crippen LogP contribution in [0.25, 0.3) is 22.6 Å². The normalized spacial score (nSPS) is 18.0. The number of anilines is 1. The molecular weight excluding hydrogens is 552 g/mol. The second kappa shape index (κ2) is 12.2. The van der Waals surface area contributed by atoms with E-state index in [1.165, 1.54) is 7.11 Å². The van der Waals surface area contributed by atoms with Crippen LogP contribution in [0.15, 0.2) is 42.5 Å². The Morgan fingerprint density at radius 3 is 2.55 bits per heavy atom. The number of fused-ring (bicyclic) bond motifs is 6. The van der Waals surface area contributed by atoms with Crippen molar-refractivity contribution in [3.63, 3.8) is 0 Å². The third-order valence-electron chi connectivity index (χ3n) is 9.51. The first-order valence-corrected chi connectivity index (χ1v) is 15.9. The van der Waals surface area contributed by atoms with E-state index < -0.39 is 12.1 Å². The molecule has 1 aromatic carbocycles.